The lowest BCUT2D eigenvalue weighted by molar-refractivity contribution is -0.145. The zero-order valence-electron chi connectivity index (χ0n) is 25.1. The van der Waals surface area contributed by atoms with Crippen LogP contribution in [0.25, 0.3) is 0 Å². The molecule has 10 nitrogen and oxygen atoms in total. The van der Waals surface area contributed by atoms with Crippen LogP contribution in [0.2, 0.25) is 0 Å². The summed E-state index contributed by atoms with van der Waals surface area (Å²) < 4.78 is 0. The molecular formula is C28H60N5O5P. The number of hydrazine groups is 1. The van der Waals surface area contributed by atoms with Crippen molar-refractivity contribution in [1.29, 1.82) is 0 Å². The fourth-order valence-electron chi connectivity index (χ4n) is 5.32. The summed E-state index contributed by atoms with van der Waals surface area (Å²) in [6, 6.07) is -0.341. The number of aliphatic hydroxyl groups is 2. The monoisotopic (exact) mass is 577 g/mol. The molecule has 232 valence electrons. The topological polar surface area (TPSA) is 160 Å². The number of amides is 1. The molecule has 2 fully saturated rings. The van der Waals surface area contributed by atoms with E-state index < -0.39 is 24.6 Å². The number of nitrogens with zero attached hydrogens (tertiary/aromatic N) is 1. The molecule has 1 aliphatic heterocycles. The molecule has 0 aromatic rings. The largest absolute Gasteiger partial charge is 0.481 e. The highest BCUT2D eigenvalue weighted by atomic mass is 31.0. The van der Waals surface area contributed by atoms with Crippen LogP contribution in [0.3, 0.4) is 0 Å². The summed E-state index contributed by atoms with van der Waals surface area (Å²) >= 11 is 0. The molecule has 0 radical (unpaired) electrons. The van der Waals surface area contributed by atoms with Gasteiger partial charge in [0.1, 0.15) is 6.23 Å². The number of nitrogens with one attached hydrogen (secondary N) is 3. The summed E-state index contributed by atoms with van der Waals surface area (Å²) in [6.45, 7) is 12.3. The van der Waals surface area contributed by atoms with Crippen molar-refractivity contribution < 1.29 is 24.9 Å². The second kappa shape index (κ2) is 22.8. The van der Waals surface area contributed by atoms with Crippen molar-refractivity contribution in [2.24, 2.45) is 23.5 Å². The van der Waals surface area contributed by atoms with Crippen LogP contribution in [-0.2, 0) is 9.59 Å². The van der Waals surface area contributed by atoms with E-state index in [1.54, 1.807) is 5.01 Å². The fourth-order valence-corrected chi connectivity index (χ4v) is 5.32. The Morgan fingerprint density at radius 1 is 1.23 bits per heavy atom. The number of rotatable bonds is 14. The molecule has 8 N–H and O–H groups in total. The molecule has 1 aliphatic carbocycles. The van der Waals surface area contributed by atoms with Gasteiger partial charge in [-0.05, 0) is 55.6 Å². The van der Waals surface area contributed by atoms with Crippen molar-refractivity contribution in [3.8, 4) is 0 Å². The minimum atomic E-state index is -1.09. The molecule has 0 aromatic carbocycles. The number of carboxylic acids is 1. The standard InChI is InChI=1S/C24H48N4O4.C3H9P.CH3NO/c1-4-6-10-18(5-2)11-8-13-25-21(15-22(29)30)23(31)27-28-16-19-12-7-9-17(3)14-20(19)26-24(28)32;1-3(2)4;2-1-3/h17-21,23-27,31-32H,4-16H2,1-3H3,(H,29,30);3H,4H2,1-2H3;1H,(H2,2,3). The average Bonchev–Trinajstić information content (AvgIpc) is 3.03. The summed E-state index contributed by atoms with van der Waals surface area (Å²) in [5, 5.41) is 38.8. The molecule has 2 aliphatic rings. The van der Waals surface area contributed by atoms with Crippen LogP contribution in [0.5, 0.6) is 0 Å². The summed E-state index contributed by atoms with van der Waals surface area (Å²) in [7, 11) is 2.66. The quantitative estimate of drug-likeness (QED) is 0.0713. The van der Waals surface area contributed by atoms with Gasteiger partial charge in [-0.3, -0.25) is 14.9 Å². The van der Waals surface area contributed by atoms with Crippen molar-refractivity contribution >= 4 is 21.6 Å². The summed E-state index contributed by atoms with van der Waals surface area (Å²) in [6.07, 6.45) is 9.57. The van der Waals surface area contributed by atoms with E-state index in [1.807, 2.05) is 0 Å². The molecule has 8 atom stereocenters. The van der Waals surface area contributed by atoms with Crippen LogP contribution in [0.4, 0.5) is 0 Å². The van der Waals surface area contributed by atoms with Crippen molar-refractivity contribution in [2.45, 2.75) is 136 Å². The lowest BCUT2D eigenvalue weighted by Gasteiger charge is -2.44. The maximum atomic E-state index is 11.4. The minimum Gasteiger partial charge on any atom is -0.481 e. The van der Waals surface area contributed by atoms with Crippen molar-refractivity contribution in [3.05, 3.63) is 0 Å². The van der Waals surface area contributed by atoms with E-state index in [1.165, 1.54) is 38.5 Å². The number of fused-ring (bicyclic) bond motifs is 1. The van der Waals surface area contributed by atoms with Gasteiger partial charge >= 0.3 is 5.97 Å². The van der Waals surface area contributed by atoms with Crippen LogP contribution in [0.15, 0.2) is 0 Å². The predicted octanol–water partition coefficient (Wildman–Crippen LogP) is 2.99. The van der Waals surface area contributed by atoms with Gasteiger partial charge in [0.2, 0.25) is 6.41 Å². The summed E-state index contributed by atoms with van der Waals surface area (Å²) in [4.78, 5) is 20.0. The van der Waals surface area contributed by atoms with Gasteiger partial charge in [-0.2, -0.15) is 0 Å². The Morgan fingerprint density at radius 3 is 2.41 bits per heavy atom. The third kappa shape index (κ3) is 18.2. The Bertz CT molecular complexity index is 630. The molecule has 1 saturated carbocycles. The van der Waals surface area contributed by atoms with E-state index in [4.69, 9.17) is 4.79 Å². The van der Waals surface area contributed by atoms with E-state index in [0.717, 1.165) is 31.3 Å². The first-order valence-corrected chi connectivity index (χ1v) is 15.7. The van der Waals surface area contributed by atoms with E-state index in [0.29, 0.717) is 30.8 Å². The molecule has 39 heavy (non-hydrogen) atoms. The summed E-state index contributed by atoms with van der Waals surface area (Å²) in [5.41, 5.74) is 7.89. The van der Waals surface area contributed by atoms with Crippen molar-refractivity contribution in [2.75, 3.05) is 13.1 Å². The first kappa shape index (κ1) is 38.1. The number of carbonyl (C=O) groups excluding carboxylic acids is 1. The SMILES string of the molecule is CC(C)P.CCCCC(CC)CCCNC(CC(=O)O)C(O)NN1CC2CCCC(C)CC2NC1O.NC=O. The normalized spacial score (nSPS) is 25.6. The Labute approximate surface area is 239 Å². The maximum absolute atomic E-state index is 11.4. The zero-order valence-corrected chi connectivity index (χ0v) is 26.3. The third-order valence-electron chi connectivity index (χ3n) is 7.40. The number of hydrogen-bond donors (Lipinski definition) is 7. The van der Waals surface area contributed by atoms with E-state index in [9.17, 15) is 20.1 Å². The van der Waals surface area contributed by atoms with E-state index >= 15 is 0 Å². The highest BCUT2D eigenvalue weighted by molar-refractivity contribution is 7.17. The van der Waals surface area contributed by atoms with Gasteiger partial charge in [0.05, 0.1) is 12.5 Å². The van der Waals surface area contributed by atoms with Crippen LogP contribution in [-0.4, -0.2) is 76.1 Å². The van der Waals surface area contributed by atoms with E-state index in [-0.39, 0.29) is 18.9 Å². The smallest absolute Gasteiger partial charge is 0.305 e. The molecule has 1 saturated heterocycles. The fraction of sp³-hybridized carbons (Fsp3) is 0.929. The molecule has 0 spiro atoms. The van der Waals surface area contributed by atoms with Gasteiger partial charge in [-0.1, -0.05) is 73.1 Å². The number of hydrogen-bond acceptors (Lipinski definition) is 8. The first-order chi connectivity index (χ1) is 18.5. The lowest BCUT2D eigenvalue weighted by atomic mass is 9.91. The van der Waals surface area contributed by atoms with Gasteiger partial charge in [0.25, 0.3) is 0 Å². The number of carbonyl (C=O) groups is 2. The number of unbranched alkanes of at least 4 members (excludes halogenated alkanes) is 1. The Morgan fingerprint density at radius 2 is 1.85 bits per heavy atom. The maximum Gasteiger partial charge on any atom is 0.305 e. The van der Waals surface area contributed by atoms with Crippen LogP contribution in [0.1, 0.15) is 105 Å². The van der Waals surface area contributed by atoms with Crippen LogP contribution in [0, 0.1) is 17.8 Å². The van der Waals surface area contributed by atoms with Gasteiger partial charge in [0.15, 0.2) is 6.35 Å². The van der Waals surface area contributed by atoms with Gasteiger partial charge in [-0.25, -0.2) is 10.4 Å². The van der Waals surface area contributed by atoms with E-state index in [2.05, 4.69) is 65.7 Å². The Hall–Kier alpha value is -0.870. The van der Waals surface area contributed by atoms with Crippen LogP contribution >= 0.6 is 9.24 Å². The van der Waals surface area contributed by atoms with Crippen LogP contribution < -0.4 is 21.8 Å². The third-order valence-corrected chi connectivity index (χ3v) is 7.40. The highest BCUT2D eigenvalue weighted by Gasteiger charge is 2.37. The number of nitrogens with two attached hydrogens (primary N) is 1. The zero-order chi connectivity index (χ0) is 29.8. The lowest BCUT2D eigenvalue weighted by Crippen LogP contribution is -2.67. The number of aliphatic hydroxyl groups excluding tert-OH is 2. The Kier molecular flexibility index (Phi) is 22.3. The molecule has 8 unspecified atom stereocenters. The van der Waals surface area contributed by atoms with Gasteiger partial charge in [0, 0.05) is 12.6 Å². The molecule has 0 bridgehead atoms. The second-order valence-electron chi connectivity index (χ2n) is 11.5. The molecule has 1 heterocycles. The average molecular weight is 578 g/mol. The molecule has 11 heteroatoms. The number of aliphatic carboxylic acids is 1. The number of primary amides is 1. The molecule has 0 aromatic heterocycles. The second-order valence-corrected chi connectivity index (χ2v) is 12.8. The first-order valence-electron chi connectivity index (χ1n) is 15.0. The number of carboxylic acid groups (broad SMARTS) is 1. The highest BCUT2D eigenvalue weighted by Crippen LogP contribution is 2.30. The van der Waals surface area contributed by atoms with Gasteiger partial charge < -0.3 is 26.4 Å². The Balaban J connectivity index is 0.00000185. The molecule has 1 amide bonds. The predicted molar refractivity (Wildman–Crippen MR) is 162 cm³/mol. The minimum absolute atomic E-state index is 0.178. The van der Waals surface area contributed by atoms with Gasteiger partial charge in [-0.15, -0.1) is 9.24 Å². The molecular weight excluding hydrogens is 517 g/mol. The molecule has 2 rings (SSSR count). The summed E-state index contributed by atoms with van der Waals surface area (Å²) in [5.74, 6) is 0.812. The van der Waals surface area contributed by atoms with Crippen molar-refractivity contribution in [1.82, 2.24) is 21.1 Å². The van der Waals surface area contributed by atoms with Crippen molar-refractivity contribution in [3.63, 3.8) is 0 Å².